The Morgan fingerprint density at radius 1 is 1.17 bits per heavy atom. The monoisotopic (exact) mass is 212 g/mol. The van der Waals surface area contributed by atoms with Crippen LogP contribution in [-0.2, 0) is 9.24 Å². The van der Waals surface area contributed by atoms with Crippen molar-refractivity contribution in [1.29, 1.82) is 0 Å². The molecule has 0 spiro atoms. The first-order chi connectivity index (χ1) is 5.50. The molecular formula is C6H13ClN2O2S. The Bertz CT molecular complexity index is 242. The lowest BCUT2D eigenvalue weighted by Gasteiger charge is -2.15. The molecule has 72 valence electrons. The van der Waals surface area contributed by atoms with Crippen molar-refractivity contribution in [3.8, 4) is 0 Å². The van der Waals surface area contributed by atoms with E-state index in [1.165, 1.54) is 4.31 Å². The first kappa shape index (κ1) is 10.2. The van der Waals surface area contributed by atoms with E-state index in [1.54, 1.807) is 0 Å². The first-order valence-electron chi connectivity index (χ1n) is 3.88. The summed E-state index contributed by atoms with van der Waals surface area (Å²) in [6, 6.07) is 0. The Morgan fingerprint density at radius 3 is 2.42 bits per heavy atom. The van der Waals surface area contributed by atoms with Crippen LogP contribution in [0.5, 0.6) is 0 Å². The maximum atomic E-state index is 10.9. The summed E-state index contributed by atoms with van der Waals surface area (Å²) < 4.78 is 23.2. The highest BCUT2D eigenvalue weighted by molar-refractivity contribution is 8.11. The van der Waals surface area contributed by atoms with E-state index in [9.17, 15) is 8.42 Å². The van der Waals surface area contributed by atoms with Crippen molar-refractivity contribution in [3.05, 3.63) is 0 Å². The molecular weight excluding hydrogens is 200 g/mol. The third kappa shape index (κ3) is 2.90. The minimum atomic E-state index is -3.49. The molecule has 12 heavy (non-hydrogen) atoms. The minimum Gasteiger partial charge on any atom is -0.305 e. The second-order valence-corrected chi connectivity index (χ2v) is 5.51. The predicted molar refractivity (Wildman–Crippen MR) is 48.5 cm³/mol. The van der Waals surface area contributed by atoms with Gasteiger partial charge in [0.15, 0.2) is 0 Å². The number of likely N-dealkylation sites (N-methyl/N-ethyl adjacent to an activating group) is 1. The standard InChI is InChI=1S/C6H13ClN2O2S/c1-8-3-2-4-9(6-5-8)12(7,10)11/h2-6H2,1H3. The lowest BCUT2D eigenvalue weighted by Crippen LogP contribution is -2.31. The van der Waals surface area contributed by atoms with Gasteiger partial charge in [-0.15, -0.1) is 0 Å². The van der Waals surface area contributed by atoms with Gasteiger partial charge in [-0.25, -0.2) is 0 Å². The van der Waals surface area contributed by atoms with Gasteiger partial charge in [0.05, 0.1) is 0 Å². The Kier molecular flexibility index (Phi) is 3.34. The summed E-state index contributed by atoms with van der Waals surface area (Å²) in [6.45, 7) is 2.73. The van der Waals surface area contributed by atoms with Crippen molar-refractivity contribution >= 4 is 19.9 Å². The summed E-state index contributed by atoms with van der Waals surface area (Å²) in [5, 5.41) is 0. The van der Waals surface area contributed by atoms with E-state index in [0.717, 1.165) is 19.5 Å². The van der Waals surface area contributed by atoms with Crippen molar-refractivity contribution in [3.63, 3.8) is 0 Å². The van der Waals surface area contributed by atoms with Gasteiger partial charge in [0.2, 0.25) is 0 Å². The van der Waals surface area contributed by atoms with Gasteiger partial charge in [-0.05, 0) is 20.0 Å². The van der Waals surface area contributed by atoms with Gasteiger partial charge >= 0.3 is 0 Å². The molecule has 1 heterocycles. The van der Waals surface area contributed by atoms with Gasteiger partial charge in [0, 0.05) is 30.3 Å². The second kappa shape index (κ2) is 3.91. The SMILES string of the molecule is CN1CCCN(S(=O)(=O)Cl)CC1. The summed E-state index contributed by atoms with van der Waals surface area (Å²) >= 11 is 0. The molecule has 0 aromatic carbocycles. The maximum Gasteiger partial charge on any atom is 0.299 e. The summed E-state index contributed by atoms with van der Waals surface area (Å²) in [5.74, 6) is 0. The van der Waals surface area contributed by atoms with Crippen LogP contribution in [0.15, 0.2) is 0 Å². The van der Waals surface area contributed by atoms with E-state index in [4.69, 9.17) is 10.7 Å². The normalized spacial score (nSPS) is 23.8. The summed E-state index contributed by atoms with van der Waals surface area (Å²) in [6.07, 6.45) is 0.850. The fraction of sp³-hybridized carbons (Fsp3) is 1.00. The predicted octanol–water partition coefficient (Wildman–Crippen LogP) is 0.107. The third-order valence-electron chi connectivity index (χ3n) is 1.99. The molecule has 0 atom stereocenters. The number of halogens is 1. The third-order valence-corrected chi connectivity index (χ3v) is 3.55. The lowest BCUT2D eigenvalue weighted by atomic mass is 10.4. The molecule has 0 N–H and O–H groups in total. The zero-order chi connectivity index (χ0) is 9.19. The van der Waals surface area contributed by atoms with Crippen molar-refractivity contribution in [2.75, 3.05) is 33.2 Å². The van der Waals surface area contributed by atoms with E-state index in [-0.39, 0.29) is 0 Å². The Balaban J connectivity index is 2.58. The van der Waals surface area contributed by atoms with E-state index >= 15 is 0 Å². The average Bonchev–Trinajstić information content (AvgIpc) is 2.11. The van der Waals surface area contributed by atoms with Crippen LogP contribution >= 0.6 is 10.7 Å². The molecule has 0 unspecified atom stereocenters. The molecule has 0 bridgehead atoms. The van der Waals surface area contributed by atoms with Gasteiger partial charge in [0.1, 0.15) is 0 Å². The van der Waals surface area contributed by atoms with Crippen LogP contribution in [0.25, 0.3) is 0 Å². The fourth-order valence-electron chi connectivity index (χ4n) is 1.24. The number of hydrogen-bond acceptors (Lipinski definition) is 3. The molecule has 0 amide bonds. The number of hydrogen-bond donors (Lipinski definition) is 0. The zero-order valence-electron chi connectivity index (χ0n) is 7.03. The molecule has 1 fully saturated rings. The highest BCUT2D eigenvalue weighted by Crippen LogP contribution is 2.09. The topological polar surface area (TPSA) is 40.6 Å². The van der Waals surface area contributed by atoms with Gasteiger partial charge < -0.3 is 4.90 Å². The van der Waals surface area contributed by atoms with Crippen molar-refractivity contribution in [2.45, 2.75) is 6.42 Å². The van der Waals surface area contributed by atoms with E-state index in [2.05, 4.69) is 4.90 Å². The molecule has 1 aliphatic heterocycles. The summed E-state index contributed by atoms with van der Waals surface area (Å²) in [4.78, 5) is 2.10. The molecule has 1 aliphatic rings. The van der Waals surface area contributed by atoms with Crippen molar-refractivity contribution < 1.29 is 8.42 Å². The molecule has 1 saturated heterocycles. The number of rotatable bonds is 1. The maximum absolute atomic E-state index is 10.9. The number of nitrogens with zero attached hydrogens (tertiary/aromatic N) is 2. The lowest BCUT2D eigenvalue weighted by molar-refractivity contribution is 0.348. The molecule has 0 radical (unpaired) electrons. The Labute approximate surface area is 77.6 Å². The smallest absolute Gasteiger partial charge is 0.299 e. The Hall–Kier alpha value is 0.160. The molecule has 0 aromatic heterocycles. The van der Waals surface area contributed by atoms with Gasteiger partial charge in [-0.3, -0.25) is 0 Å². The second-order valence-electron chi connectivity index (χ2n) is 3.00. The molecule has 0 aliphatic carbocycles. The van der Waals surface area contributed by atoms with Crippen LogP contribution in [-0.4, -0.2) is 50.8 Å². The van der Waals surface area contributed by atoms with E-state index in [0.29, 0.717) is 13.1 Å². The molecule has 1 rings (SSSR count). The van der Waals surface area contributed by atoms with Crippen LogP contribution in [0.4, 0.5) is 0 Å². The van der Waals surface area contributed by atoms with Crippen molar-refractivity contribution in [2.24, 2.45) is 0 Å². The van der Waals surface area contributed by atoms with Crippen LogP contribution in [0.1, 0.15) is 6.42 Å². The fourth-order valence-corrected chi connectivity index (χ4v) is 2.30. The quantitative estimate of drug-likeness (QED) is 0.580. The van der Waals surface area contributed by atoms with Gasteiger partial charge in [-0.1, -0.05) is 0 Å². The minimum absolute atomic E-state index is 0.502. The van der Waals surface area contributed by atoms with Crippen LogP contribution < -0.4 is 0 Å². The van der Waals surface area contributed by atoms with Gasteiger partial charge in [-0.2, -0.15) is 12.7 Å². The van der Waals surface area contributed by atoms with Crippen LogP contribution in [0, 0.1) is 0 Å². The molecule has 4 nitrogen and oxygen atoms in total. The molecule has 0 saturated carbocycles. The Morgan fingerprint density at radius 2 is 1.83 bits per heavy atom. The first-order valence-corrected chi connectivity index (χ1v) is 6.15. The van der Waals surface area contributed by atoms with E-state index < -0.39 is 9.24 Å². The van der Waals surface area contributed by atoms with Crippen LogP contribution in [0.3, 0.4) is 0 Å². The highest BCUT2D eigenvalue weighted by Gasteiger charge is 2.21. The van der Waals surface area contributed by atoms with Crippen molar-refractivity contribution in [1.82, 2.24) is 9.21 Å². The zero-order valence-corrected chi connectivity index (χ0v) is 8.61. The summed E-state index contributed by atoms with van der Waals surface area (Å²) in [7, 11) is 3.69. The largest absolute Gasteiger partial charge is 0.305 e. The highest BCUT2D eigenvalue weighted by atomic mass is 35.7. The van der Waals surface area contributed by atoms with E-state index in [1.807, 2.05) is 7.05 Å². The molecule has 0 aromatic rings. The summed E-state index contributed by atoms with van der Waals surface area (Å²) in [5.41, 5.74) is 0. The molecule has 6 heteroatoms. The average molecular weight is 213 g/mol. The van der Waals surface area contributed by atoms with Crippen LogP contribution in [0.2, 0.25) is 0 Å². The van der Waals surface area contributed by atoms with Gasteiger partial charge in [0.25, 0.3) is 9.24 Å².